The maximum Gasteiger partial charge on any atom is 0.416 e. The van der Waals surface area contributed by atoms with E-state index in [9.17, 15) is 13.2 Å². The molecule has 1 aliphatic heterocycles. The minimum atomic E-state index is -4.31. The number of hydrogen-bond acceptors (Lipinski definition) is 5. The summed E-state index contributed by atoms with van der Waals surface area (Å²) in [7, 11) is 0. The minimum Gasteiger partial charge on any atom is -0.370 e. The van der Waals surface area contributed by atoms with Gasteiger partial charge in [0.25, 0.3) is 0 Å². The number of alkyl halides is 3. The van der Waals surface area contributed by atoms with Gasteiger partial charge in [-0.3, -0.25) is 0 Å². The van der Waals surface area contributed by atoms with Gasteiger partial charge < -0.3 is 15.1 Å². The van der Waals surface area contributed by atoms with Crippen LogP contribution in [0.25, 0.3) is 10.9 Å². The van der Waals surface area contributed by atoms with E-state index in [0.717, 1.165) is 78.5 Å². The van der Waals surface area contributed by atoms with Crippen molar-refractivity contribution in [3.05, 3.63) is 84.7 Å². The predicted octanol–water partition coefficient (Wildman–Crippen LogP) is 6.11. The second kappa shape index (κ2) is 9.21. The number of fused-ring (bicyclic) bond motifs is 1. The van der Waals surface area contributed by atoms with E-state index in [-0.39, 0.29) is 0 Å². The van der Waals surface area contributed by atoms with Crippen LogP contribution in [0, 0.1) is 0 Å². The normalized spacial score (nSPS) is 14.8. The molecule has 2 heterocycles. The van der Waals surface area contributed by atoms with Crippen molar-refractivity contribution in [1.82, 2.24) is 9.97 Å². The molecule has 8 heteroatoms. The van der Waals surface area contributed by atoms with Gasteiger partial charge in [-0.05, 0) is 67.1 Å². The van der Waals surface area contributed by atoms with Gasteiger partial charge in [0.05, 0.1) is 11.1 Å². The van der Waals surface area contributed by atoms with Crippen molar-refractivity contribution in [2.45, 2.75) is 12.6 Å². The van der Waals surface area contributed by atoms with Crippen LogP contribution < -0.4 is 15.1 Å². The van der Waals surface area contributed by atoms with Crippen LogP contribution in [-0.4, -0.2) is 36.1 Å². The SMILES string of the molecule is FC(F)(F)c1ccc(N2CCCN(c3ccc(Nc4ncnc5ccccc45)cc3)CC2)cc1. The van der Waals surface area contributed by atoms with Crippen LogP contribution in [0.2, 0.25) is 0 Å². The smallest absolute Gasteiger partial charge is 0.370 e. The van der Waals surface area contributed by atoms with E-state index in [2.05, 4.69) is 37.2 Å². The van der Waals surface area contributed by atoms with E-state index in [0.29, 0.717) is 0 Å². The van der Waals surface area contributed by atoms with Crippen molar-refractivity contribution in [2.24, 2.45) is 0 Å². The summed E-state index contributed by atoms with van der Waals surface area (Å²) in [6.07, 6.45) is -1.83. The van der Waals surface area contributed by atoms with E-state index < -0.39 is 11.7 Å². The van der Waals surface area contributed by atoms with Gasteiger partial charge in [0.2, 0.25) is 0 Å². The maximum atomic E-state index is 12.9. The number of anilines is 4. The molecule has 0 unspecified atom stereocenters. The number of rotatable bonds is 4. The number of benzene rings is 3. The first-order valence-electron chi connectivity index (χ1n) is 11.2. The number of para-hydroxylation sites is 1. The van der Waals surface area contributed by atoms with Gasteiger partial charge in [-0.2, -0.15) is 13.2 Å². The number of hydrogen-bond donors (Lipinski definition) is 1. The van der Waals surface area contributed by atoms with E-state index in [1.807, 2.05) is 36.4 Å². The average molecular weight is 464 g/mol. The Morgan fingerprint density at radius 2 is 1.32 bits per heavy atom. The standard InChI is InChI=1S/C26H24F3N5/c27-26(28,29)19-6-10-21(11-7-19)33-14-3-15-34(17-16-33)22-12-8-20(9-13-22)32-25-23-4-1-2-5-24(23)30-18-31-25/h1-2,4-13,18H,3,14-17H2,(H,30,31,32). The molecule has 1 N–H and O–H groups in total. The number of nitrogens with zero attached hydrogens (tertiary/aromatic N) is 4. The molecule has 1 aliphatic rings. The summed E-state index contributed by atoms with van der Waals surface area (Å²) in [5.74, 6) is 0.764. The highest BCUT2D eigenvalue weighted by molar-refractivity contribution is 5.90. The summed E-state index contributed by atoms with van der Waals surface area (Å²) < 4.78 is 38.6. The highest BCUT2D eigenvalue weighted by atomic mass is 19.4. The summed E-state index contributed by atoms with van der Waals surface area (Å²) >= 11 is 0. The Morgan fingerprint density at radius 3 is 1.97 bits per heavy atom. The molecule has 0 amide bonds. The highest BCUT2D eigenvalue weighted by Gasteiger charge is 2.30. The van der Waals surface area contributed by atoms with Crippen molar-refractivity contribution in [3.63, 3.8) is 0 Å². The monoisotopic (exact) mass is 463 g/mol. The molecule has 3 aromatic carbocycles. The van der Waals surface area contributed by atoms with Gasteiger partial charge in [0.15, 0.2) is 0 Å². The maximum absolute atomic E-state index is 12.9. The Balaban J connectivity index is 1.24. The Labute approximate surface area is 195 Å². The van der Waals surface area contributed by atoms with E-state index in [1.54, 1.807) is 18.5 Å². The van der Waals surface area contributed by atoms with Crippen molar-refractivity contribution in [1.29, 1.82) is 0 Å². The Bertz CT molecular complexity index is 1250. The lowest BCUT2D eigenvalue weighted by Crippen LogP contribution is -2.30. The fourth-order valence-electron chi connectivity index (χ4n) is 4.29. The molecular weight excluding hydrogens is 439 g/mol. The van der Waals surface area contributed by atoms with E-state index in [4.69, 9.17) is 0 Å². The molecule has 5 nitrogen and oxygen atoms in total. The molecule has 0 saturated carbocycles. The van der Waals surface area contributed by atoms with Crippen molar-refractivity contribution in [3.8, 4) is 0 Å². The third-order valence-electron chi connectivity index (χ3n) is 6.09. The van der Waals surface area contributed by atoms with Gasteiger partial charge in [0, 0.05) is 48.6 Å². The Kier molecular flexibility index (Phi) is 5.96. The predicted molar refractivity (Wildman–Crippen MR) is 130 cm³/mol. The second-order valence-corrected chi connectivity index (χ2v) is 8.28. The summed E-state index contributed by atoms with van der Waals surface area (Å²) in [4.78, 5) is 13.1. The Morgan fingerprint density at radius 1 is 0.706 bits per heavy atom. The van der Waals surface area contributed by atoms with Crippen LogP contribution in [0.15, 0.2) is 79.1 Å². The number of nitrogens with one attached hydrogen (secondary N) is 1. The topological polar surface area (TPSA) is 44.3 Å². The van der Waals surface area contributed by atoms with Crippen LogP contribution in [0.3, 0.4) is 0 Å². The first-order valence-corrected chi connectivity index (χ1v) is 11.2. The van der Waals surface area contributed by atoms with Gasteiger partial charge in [-0.25, -0.2) is 9.97 Å². The molecule has 1 saturated heterocycles. The summed E-state index contributed by atoms with van der Waals surface area (Å²) in [6.45, 7) is 3.24. The molecule has 0 spiro atoms. The van der Waals surface area contributed by atoms with Crippen molar-refractivity contribution >= 4 is 33.8 Å². The molecule has 174 valence electrons. The molecule has 0 radical (unpaired) electrons. The van der Waals surface area contributed by atoms with Crippen LogP contribution in [-0.2, 0) is 6.18 Å². The van der Waals surface area contributed by atoms with Gasteiger partial charge in [-0.15, -0.1) is 0 Å². The van der Waals surface area contributed by atoms with Gasteiger partial charge in [-0.1, -0.05) is 12.1 Å². The molecule has 0 atom stereocenters. The lowest BCUT2D eigenvalue weighted by Gasteiger charge is -2.25. The molecule has 34 heavy (non-hydrogen) atoms. The molecule has 0 bridgehead atoms. The lowest BCUT2D eigenvalue weighted by molar-refractivity contribution is -0.137. The van der Waals surface area contributed by atoms with Crippen molar-refractivity contribution < 1.29 is 13.2 Å². The molecule has 0 aliphatic carbocycles. The van der Waals surface area contributed by atoms with Gasteiger partial charge in [0.1, 0.15) is 12.1 Å². The zero-order chi connectivity index (χ0) is 23.5. The zero-order valence-electron chi connectivity index (χ0n) is 18.5. The quantitative estimate of drug-likeness (QED) is 0.396. The van der Waals surface area contributed by atoms with Crippen molar-refractivity contribution in [2.75, 3.05) is 41.3 Å². The summed E-state index contributed by atoms with van der Waals surface area (Å²) in [5.41, 5.74) is 3.16. The van der Waals surface area contributed by atoms with Crippen LogP contribution in [0.1, 0.15) is 12.0 Å². The van der Waals surface area contributed by atoms with Crippen LogP contribution >= 0.6 is 0 Å². The average Bonchev–Trinajstić information content (AvgIpc) is 3.11. The van der Waals surface area contributed by atoms with Gasteiger partial charge >= 0.3 is 6.18 Å². The van der Waals surface area contributed by atoms with Crippen LogP contribution in [0.4, 0.5) is 36.1 Å². The highest BCUT2D eigenvalue weighted by Crippen LogP contribution is 2.31. The number of aromatic nitrogens is 2. The van der Waals surface area contributed by atoms with E-state index in [1.165, 1.54) is 0 Å². The molecule has 5 rings (SSSR count). The third kappa shape index (κ3) is 4.76. The molecule has 1 aromatic heterocycles. The zero-order valence-corrected chi connectivity index (χ0v) is 18.5. The lowest BCUT2D eigenvalue weighted by atomic mass is 10.2. The number of halogens is 3. The fourth-order valence-corrected chi connectivity index (χ4v) is 4.29. The molecule has 1 fully saturated rings. The van der Waals surface area contributed by atoms with E-state index >= 15 is 0 Å². The minimum absolute atomic E-state index is 0.614. The molecule has 4 aromatic rings. The Hall–Kier alpha value is -3.81. The fraction of sp³-hybridized carbons (Fsp3) is 0.231. The second-order valence-electron chi connectivity index (χ2n) is 8.28. The first kappa shape index (κ1) is 22.0. The largest absolute Gasteiger partial charge is 0.416 e. The summed E-state index contributed by atoms with van der Waals surface area (Å²) in [6, 6.07) is 21.5. The van der Waals surface area contributed by atoms with Crippen LogP contribution in [0.5, 0.6) is 0 Å². The first-order chi connectivity index (χ1) is 16.5. The third-order valence-corrected chi connectivity index (χ3v) is 6.09. The summed E-state index contributed by atoms with van der Waals surface area (Å²) in [5, 5.41) is 4.34. The molecular formula is C26H24F3N5.